The molecule has 1 amide bonds. The van der Waals surface area contributed by atoms with Gasteiger partial charge in [0.1, 0.15) is 5.65 Å². The third-order valence-corrected chi connectivity index (χ3v) is 6.86. The first-order valence-corrected chi connectivity index (χ1v) is 11.9. The highest BCUT2D eigenvalue weighted by atomic mass is 35.5. The molecule has 2 fully saturated rings. The number of carbonyl (C=O) groups is 1. The van der Waals surface area contributed by atoms with E-state index in [1.54, 1.807) is 18.5 Å². The minimum Gasteiger partial charge on any atom is -0.379 e. The lowest BCUT2D eigenvalue weighted by Gasteiger charge is -2.34. The average Bonchev–Trinajstić information content (AvgIpc) is 3.50. The van der Waals surface area contributed by atoms with E-state index in [9.17, 15) is 4.79 Å². The topological polar surface area (TPSA) is 84.3 Å². The highest BCUT2D eigenvalue weighted by molar-refractivity contribution is 6.36. The van der Waals surface area contributed by atoms with Crippen molar-refractivity contribution < 1.29 is 9.53 Å². The van der Waals surface area contributed by atoms with Crippen LogP contribution in [0.4, 0.5) is 0 Å². The number of pyridine rings is 2. The molecule has 0 saturated carbocycles. The van der Waals surface area contributed by atoms with Gasteiger partial charge in [-0.15, -0.1) is 0 Å². The fraction of sp³-hybridized carbons (Fsp3) is 0.458. The van der Waals surface area contributed by atoms with Gasteiger partial charge in [-0.3, -0.25) is 14.7 Å². The van der Waals surface area contributed by atoms with E-state index < -0.39 is 0 Å². The van der Waals surface area contributed by atoms with E-state index in [2.05, 4.69) is 36.1 Å². The third kappa shape index (κ3) is 4.89. The molecule has 2 N–H and O–H groups in total. The maximum Gasteiger partial charge on any atom is 0.253 e. The summed E-state index contributed by atoms with van der Waals surface area (Å²) in [6.45, 7) is 5.28. The van der Waals surface area contributed by atoms with Crippen LogP contribution in [0.1, 0.15) is 34.8 Å². The number of hydrogen-bond donors (Lipinski definition) is 2. The zero-order valence-electron chi connectivity index (χ0n) is 18.5. The highest BCUT2D eigenvalue weighted by Crippen LogP contribution is 2.28. The number of amides is 1. The molecule has 2 aliphatic heterocycles. The molecule has 0 spiro atoms. The van der Waals surface area contributed by atoms with Gasteiger partial charge in [-0.25, -0.2) is 4.98 Å². The molecule has 0 aromatic carbocycles. The summed E-state index contributed by atoms with van der Waals surface area (Å²) in [5, 5.41) is 7.92. The molecular formula is C24H29ClN6O2. The molecule has 2 atom stereocenters. The molecule has 2 saturated heterocycles. The van der Waals surface area contributed by atoms with Crippen LogP contribution in [0.2, 0.25) is 5.02 Å². The summed E-state index contributed by atoms with van der Waals surface area (Å²) < 4.78 is 7.58. The summed E-state index contributed by atoms with van der Waals surface area (Å²) in [4.78, 5) is 24.6. The molecule has 5 rings (SSSR count). The first kappa shape index (κ1) is 22.3. The van der Waals surface area contributed by atoms with E-state index >= 15 is 0 Å². The van der Waals surface area contributed by atoms with Gasteiger partial charge in [-0.05, 0) is 37.1 Å². The predicted molar refractivity (Wildman–Crippen MR) is 127 cm³/mol. The Kier molecular flexibility index (Phi) is 6.87. The minimum absolute atomic E-state index is 0.0242. The molecule has 2 aliphatic rings. The Morgan fingerprint density at radius 1 is 1.30 bits per heavy atom. The number of morpholine rings is 1. The number of nitrogens with zero attached hydrogens (tertiary/aromatic N) is 4. The van der Waals surface area contributed by atoms with Crippen molar-refractivity contribution in [1.29, 1.82) is 0 Å². The molecule has 5 heterocycles. The summed E-state index contributed by atoms with van der Waals surface area (Å²) in [6.07, 6.45) is 9.51. The second-order valence-corrected chi connectivity index (χ2v) is 9.05. The standard InChI is InChI=1S/C24H29ClN6O2/c25-20-5-8-28-23-22(20)19(16-31(23)15-18-4-2-7-27-18)24(32)29-14-21(17-3-1-6-26-13-17)30-9-11-33-12-10-30/h1,3,5-6,8,13,16,18,21,27H,2,4,7,9-12,14-15H2,(H,29,32)/t18-,21?/m0/s1. The van der Waals surface area contributed by atoms with Crippen molar-refractivity contribution in [1.82, 2.24) is 30.1 Å². The van der Waals surface area contributed by atoms with Crippen molar-refractivity contribution in [2.75, 3.05) is 39.4 Å². The van der Waals surface area contributed by atoms with E-state index in [0.29, 0.717) is 41.8 Å². The van der Waals surface area contributed by atoms with E-state index in [4.69, 9.17) is 16.3 Å². The van der Waals surface area contributed by atoms with Crippen molar-refractivity contribution >= 4 is 28.5 Å². The molecule has 9 heteroatoms. The Morgan fingerprint density at radius 3 is 2.94 bits per heavy atom. The van der Waals surface area contributed by atoms with Crippen LogP contribution >= 0.6 is 11.6 Å². The quantitative estimate of drug-likeness (QED) is 0.554. The molecule has 0 radical (unpaired) electrons. The Balaban J connectivity index is 1.38. The number of rotatable bonds is 7. The van der Waals surface area contributed by atoms with Crippen LogP contribution in [0.25, 0.3) is 11.0 Å². The van der Waals surface area contributed by atoms with Crippen LogP contribution in [-0.2, 0) is 11.3 Å². The van der Waals surface area contributed by atoms with Crippen molar-refractivity contribution in [3.8, 4) is 0 Å². The van der Waals surface area contributed by atoms with Crippen LogP contribution in [-0.4, -0.2) is 70.8 Å². The van der Waals surface area contributed by atoms with Gasteiger partial charge >= 0.3 is 0 Å². The molecule has 3 aromatic heterocycles. The highest BCUT2D eigenvalue weighted by Gasteiger charge is 2.26. The van der Waals surface area contributed by atoms with Crippen LogP contribution in [0.3, 0.4) is 0 Å². The number of hydrogen-bond acceptors (Lipinski definition) is 6. The Hall–Kier alpha value is -2.52. The SMILES string of the molecule is O=C(NCC(c1cccnc1)N1CCOCC1)c1cn(C[C@@H]2CCCN2)c2nccc(Cl)c12. The summed E-state index contributed by atoms with van der Waals surface area (Å²) >= 11 is 6.54. The Morgan fingerprint density at radius 2 is 2.18 bits per heavy atom. The van der Waals surface area contributed by atoms with Gasteiger partial charge in [0.25, 0.3) is 5.91 Å². The summed E-state index contributed by atoms with van der Waals surface area (Å²) in [7, 11) is 0. The molecular weight excluding hydrogens is 440 g/mol. The second kappa shape index (κ2) is 10.2. The van der Waals surface area contributed by atoms with Crippen LogP contribution < -0.4 is 10.6 Å². The van der Waals surface area contributed by atoms with Crippen LogP contribution in [0.15, 0.2) is 43.0 Å². The number of fused-ring (bicyclic) bond motifs is 1. The van der Waals surface area contributed by atoms with E-state index in [-0.39, 0.29) is 11.9 Å². The lowest BCUT2D eigenvalue weighted by atomic mass is 10.1. The number of aromatic nitrogens is 3. The first-order valence-electron chi connectivity index (χ1n) is 11.6. The summed E-state index contributed by atoms with van der Waals surface area (Å²) in [6, 6.07) is 6.14. The van der Waals surface area contributed by atoms with Gasteiger partial charge in [-0.2, -0.15) is 0 Å². The van der Waals surface area contributed by atoms with Crippen molar-refractivity contribution in [2.24, 2.45) is 0 Å². The number of carbonyl (C=O) groups excluding carboxylic acids is 1. The van der Waals surface area contributed by atoms with Gasteiger partial charge in [0, 0.05) is 57.0 Å². The number of ether oxygens (including phenoxy) is 1. The van der Waals surface area contributed by atoms with Gasteiger partial charge < -0.3 is 19.9 Å². The smallest absolute Gasteiger partial charge is 0.253 e. The van der Waals surface area contributed by atoms with Gasteiger partial charge in [-0.1, -0.05) is 17.7 Å². The summed E-state index contributed by atoms with van der Waals surface area (Å²) in [5.41, 5.74) is 2.39. The predicted octanol–water partition coefficient (Wildman–Crippen LogP) is 2.64. The lowest BCUT2D eigenvalue weighted by molar-refractivity contribution is 0.0161. The molecule has 33 heavy (non-hydrogen) atoms. The maximum atomic E-state index is 13.4. The lowest BCUT2D eigenvalue weighted by Crippen LogP contribution is -2.43. The van der Waals surface area contributed by atoms with E-state index in [1.165, 1.54) is 6.42 Å². The normalized spacial score (nSPS) is 20.2. The van der Waals surface area contributed by atoms with Crippen LogP contribution in [0, 0.1) is 0 Å². The van der Waals surface area contributed by atoms with Gasteiger partial charge in [0.2, 0.25) is 0 Å². The minimum atomic E-state index is -0.143. The van der Waals surface area contributed by atoms with Crippen molar-refractivity contribution in [3.63, 3.8) is 0 Å². The molecule has 174 valence electrons. The molecule has 3 aromatic rings. The molecule has 0 bridgehead atoms. The molecule has 1 unspecified atom stereocenters. The first-order chi connectivity index (χ1) is 16.2. The zero-order chi connectivity index (χ0) is 22.6. The molecule has 8 nitrogen and oxygen atoms in total. The van der Waals surface area contributed by atoms with E-state index in [0.717, 1.165) is 43.8 Å². The van der Waals surface area contributed by atoms with Crippen molar-refractivity contribution in [2.45, 2.75) is 31.5 Å². The van der Waals surface area contributed by atoms with Crippen LogP contribution in [0.5, 0.6) is 0 Å². The average molecular weight is 469 g/mol. The second-order valence-electron chi connectivity index (χ2n) is 8.64. The number of halogens is 1. The van der Waals surface area contributed by atoms with Gasteiger partial charge in [0.15, 0.2) is 0 Å². The van der Waals surface area contributed by atoms with E-state index in [1.807, 2.05) is 18.5 Å². The third-order valence-electron chi connectivity index (χ3n) is 6.54. The monoisotopic (exact) mass is 468 g/mol. The maximum absolute atomic E-state index is 13.4. The summed E-state index contributed by atoms with van der Waals surface area (Å²) in [5.74, 6) is -0.143. The Labute approximate surface area is 198 Å². The van der Waals surface area contributed by atoms with Gasteiger partial charge in [0.05, 0.1) is 35.2 Å². The number of nitrogens with one attached hydrogen (secondary N) is 2. The van der Waals surface area contributed by atoms with Crippen molar-refractivity contribution in [3.05, 3.63) is 59.1 Å². The zero-order valence-corrected chi connectivity index (χ0v) is 19.3. The fourth-order valence-electron chi connectivity index (χ4n) is 4.84. The molecule has 0 aliphatic carbocycles. The Bertz CT molecular complexity index is 1090. The fourth-order valence-corrected chi connectivity index (χ4v) is 5.08. The largest absolute Gasteiger partial charge is 0.379 e.